The topological polar surface area (TPSA) is 56.9 Å². The first-order valence-electron chi connectivity index (χ1n) is 11.5. The van der Waals surface area contributed by atoms with Gasteiger partial charge in [0.25, 0.3) is 5.56 Å². The first-order valence-corrected chi connectivity index (χ1v) is 13.3. The lowest BCUT2D eigenvalue weighted by Gasteiger charge is -2.12. The van der Waals surface area contributed by atoms with Crippen molar-refractivity contribution in [1.29, 1.82) is 0 Å². The van der Waals surface area contributed by atoms with E-state index in [-0.39, 0.29) is 17.1 Å². The number of rotatable bonds is 7. The van der Waals surface area contributed by atoms with Crippen molar-refractivity contribution >= 4 is 39.1 Å². The highest BCUT2D eigenvalue weighted by Gasteiger charge is 2.30. The van der Waals surface area contributed by atoms with E-state index in [1.165, 1.54) is 35.9 Å². The van der Waals surface area contributed by atoms with Crippen LogP contribution in [0, 0.1) is 13.8 Å². The van der Waals surface area contributed by atoms with Crippen LogP contribution in [0.25, 0.3) is 15.9 Å². The Morgan fingerprint density at radius 3 is 2.61 bits per heavy atom. The molecule has 2 aliphatic rings. The van der Waals surface area contributed by atoms with E-state index in [0.717, 1.165) is 51.3 Å². The van der Waals surface area contributed by atoms with E-state index in [2.05, 4.69) is 16.9 Å². The van der Waals surface area contributed by atoms with Gasteiger partial charge in [0.15, 0.2) is 10.9 Å². The van der Waals surface area contributed by atoms with Crippen LogP contribution in [-0.2, 0) is 0 Å². The number of hydrogen-bond acceptors (Lipinski definition) is 5. The van der Waals surface area contributed by atoms with Crippen molar-refractivity contribution in [1.82, 2.24) is 14.1 Å². The molecule has 0 aliphatic heterocycles. The number of carbonyl (C=O) groups is 1. The number of hydrogen-bond donors (Lipinski definition) is 0. The summed E-state index contributed by atoms with van der Waals surface area (Å²) < 4.78 is 3.99. The number of benzene rings is 1. The summed E-state index contributed by atoms with van der Waals surface area (Å²) in [5, 5.41) is 3.42. The molecule has 3 aromatic heterocycles. The van der Waals surface area contributed by atoms with Gasteiger partial charge in [0, 0.05) is 23.0 Å². The van der Waals surface area contributed by atoms with E-state index in [1.807, 2.05) is 43.3 Å². The lowest BCUT2D eigenvalue weighted by molar-refractivity contribution is 0.102. The Morgan fingerprint density at radius 2 is 1.91 bits per heavy atom. The van der Waals surface area contributed by atoms with Crippen molar-refractivity contribution in [2.75, 3.05) is 5.75 Å². The zero-order valence-corrected chi connectivity index (χ0v) is 20.3. The highest BCUT2D eigenvalue weighted by Crippen LogP contribution is 2.44. The van der Waals surface area contributed by atoms with E-state index in [9.17, 15) is 9.59 Å². The number of thioether (sulfide) groups is 1. The maximum atomic E-state index is 13.7. The number of nitrogens with zero attached hydrogens (tertiary/aromatic N) is 3. The minimum Gasteiger partial charge on any atom is -0.345 e. The van der Waals surface area contributed by atoms with Crippen LogP contribution in [0.1, 0.15) is 65.0 Å². The molecule has 0 saturated heterocycles. The number of thiophene rings is 1. The van der Waals surface area contributed by atoms with E-state index < -0.39 is 0 Å². The van der Waals surface area contributed by atoms with Crippen LogP contribution in [0.2, 0.25) is 0 Å². The maximum absolute atomic E-state index is 13.7. The van der Waals surface area contributed by atoms with Gasteiger partial charge in [0.1, 0.15) is 4.83 Å². The largest absolute Gasteiger partial charge is 0.345 e. The first-order chi connectivity index (χ1) is 16.0. The Balaban J connectivity index is 1.38. The highest BCUT2D eigenvalue weighted by atomic mass is 32.2. The predicted octanol–water partition coefficient (Wildman–Crippen LogP) is 6.05. The summed E-state index contributed by atoms with van der Waals surface area (Å²) in [4.78, 5) is 32.5. The summed E-state index contributed by atoms with van der Waals surface area (Å²) in [6, 6.07) is 12.2. The number of carbonyl (C=O) groups excluding carboxylic acids is 1. The molecule has 0 spiro atoms. The van der Waals surface area contributed by atoms with E-state index in [0.29, 0.717) is 17.1 Å². The molecule has 33 heavy (non-hydrogen) atoms. The molecule has 168 valence electrons. The zero-order valence-electron chi connectivity index (χ0n) is 18.7. The smallest absolute Gasteiger partial charge is 0.267 e. The number of aryl methyl sites for hydroxylation is 1. The molecule has 0 amide bonds. The van der Waals surface area contributed by atoms with E-state index in [1.54, 1.807) is 4.57 Å². The van der Waals surface area contributed by atoms with Crippen LogP contribution in [0.3, 0.4) is 0 Å². The fourth-order valence-corrected chi connectivity index (χ4v) is 6.71. The third kappa shape index (κ3) is 3.67. The quantitative estimate of drug-likeness (QED) is 0.185. The monoisotopic (exact) mass is 475 g/mol. The second-order valence-electron chi connectivity index (χ2n) is 9.11. The molecule has 0 N–H and O–H groups in total. The SMILES string of the molecule is Cc1cc(C(=O)CSc2nc3scc(C4CC4)c3c(=O)n2-c2ccccc2)c(C)n1C1CC1. The van der Waals surface area contributed by atoms with E-state index >= 15 is 0 Å². The van der Waals surface area contributed by atoms with Crippen LogP contribution < -0.4 is 5.56 Å². The van der Waals surface area contributed by atoms with Crippen molar-refractivity contribution in [3.05, 3.63) is 74.6 Å². The summed E-state index contributed by atoms with van der Waals surface area (Å²) in [5.41, 5.74) is 4.88. The van der Waals surface area contributed by atoms with Gasteiger partial charge in [-0.3, -0.25) is 14.2 Å². The van der Waals surface area contributed by atoms with Gasteiger partial charge in [-0.1, -0.05) is 30.0 Å². The van der Waals surface area contributed by atoms with Gasteiger partial charge in [-0.05, 0) is 74.6 Å². The fourth-order valence-electron chi connectivity index (χ4n) is 4.75. The van der Waals surface area contributed by atoms with Crippen molar-refractivity contribution in [2.45, 2.75) is 56.6 Å². The first kappa shape index (κ1) is 20.9. The number of aromatic nitrogens is 3. The minimum absolute atomic E-state index is 0.0313. The lowest BCUT2D eigenvalue weighted by Crippen LogP contribution is -2.22. The molecule has 2 fully saturated rings. The third-order valence-electron chi connectivity index (χ3n) is 6.67. The molecule has 3 heterocycles. The molecular formula is C26H25N3O2S2. The number of para-hydroxylation sites is 1. The average Bonchev–Trinajstić information content (AvgIpc) is 3.75. The van der Waals surface area contributed by atoms with Crippen LogP contribution in [0.5, 0.6) is 0 Å². The van der Waals surface area contributed by atoms with Crippen LogP contribution in [0.4, 0.5) is 0 Å². The maximum Gasteiger partial charge on any atom is 0.267 e. The second-order valence-corrected chi connectivity index (χ2v) is 10.9. The summed E-state index contributed by atoms with van der Waals surface area (Å²) in [6.07, 6.45) is 4.66. The minimum atomic E-state index is -0.0313. The molecule has 0 bridgehead atoms. The number of Topliss-reactive ketones (excluding diaryl/α,β-unsaturated/α-hetero) is 1. The molecule has 0 unspecified atom stereocenters. The molecule has 4 aromatic rings. The summed E-state index contributed by atoms with van der Waals surface area (Å²) in [5.74, 6) is 0.818. The molecule has 0 radical (unpaired) electrons. The molecule has 2 aliphatic carbocycles. The third-order valence-corrected chi connectivity index (χ3v) is 8.50. The lowest BCUT2D eigenvalue weighted by atomic mass is 10.1. The van der Waals surface area contributed by atoms with Crippen molar-refractivity contribution in [3.63, 3.8) is 0 Å². The fraction of sp³-hybridized carbons (Fsp3) is 0.346. The Kier molecular flexibility index (Phi) is 5.07. The van der Waals surface area contributed by atoms with E-state index in [4.69, 9.17) is 4.98 Å². The normalized spacial score (nSPS) is 15.9. The van der Waals surface area contributed by atoms with Crippen LogP contribution in [-0.4, -0.2) is 25.7 Å². The van der Waals surface area contributed by atoms with Crippen LogP contribution in [0.15, 0.2) is 51.7 Å². The van der Waals surface area contributed by atoms with Gasteiger partial charge in [-0.25, -0.2) is 4.98 Å². The molecule has 6 rings (SSSR count). The second kappa shape index (κ2) is 7.99. The Morgan fingerprint density at radius 1 is 1.15 bits per heavy atom. The molecule has 2 saturated carbocycles. The molecule has 0 atom stereocenters. The molecule has 7 heteroatoms. The Bertz CT molecular complexity index is 1440. The Hall–Kier alpha value is -2.64. The van der Waals surface area contributed by atoms with Gasteiger partial charge in [0.2, 0.25) is 0 Å². The van der Waals surface area contributed by atoms with Gasteiger partial charge in [-0.2, -0.15) is 0 Å². The zero-order chi connectivity index (χ0) is 22.7. The van der Waals surface area contributed by atoms with Crippen molar-refractivity contribution in [3.8, 4) is 5.69 Å². The summed E-state index contributed by atoms with van der Waals surface area (Å²) in [6.45, 7) is 4.12. The van der Waals surface area contributed by atoms with Gasteiger partial charge >= 0.3 is 0 Å². The molecular weight excluding hydrogens is 450 g/mol. The molecule has 1 aromatic carbocycles. The highest BCUT2D eigenvalue weighted by molar-refractivity contribution is 7.99. The summed E-state index contributed by atoms with van der Waals surface area (Å²) in [7, 11) is 0. The van der Waals surface area contributed by atoms with Crippen LogP contribution >= 0.6 is 23.1 Å². The van der Waals surface area contributed by atoms with Crippen molar-refractivity contribution in [2.24, 2.45) is 0 Å². The van der Waals surface area contributed by atoms with Crippen molar-refractivity contribution < 1.29 is 4.79 Å². The predicted molar refractivity (Wildman–Crippen MR) is 134 cm³/mol. The summed E-state index contributed by atoms with van der Waals surface area (Å²) >= 11 is 2.89. The van der Waals surface area contributed by atoms with Gasteiger partial charge < -0.3 is 4.57 Å². The average molecular weight is 476 g/mol. The Labute approximate surface area is 200 Å². The van der Waals surface area contributed by atoms with Gasteiger partial charge in [-0.15, -0.1) is 11.3 Å². The number of fused-ring (bicyclic) bond motifs is 1. The van der Waals surface area contributed by atoms with Gasteiger partial charge in [0.05, 0.1) is 16.8 Å². The number of ketones is 1. The standard InChI is InChI=1S/C26H25N3O2S2/c1-15-12-20(16(2)28(15)19-10-11-19)22(30)14-33-26-27-24-23(21(13-32-24)17-8-9-17)25(31)29(26)18-6-4-3-5-7-18/h3-7,12-13,17,19H,8-11,14H2,1-2H3. The molecule has 5 nitrogen and oxygen atoms in total.